The van der Waals surface area contributed by atoms with Gasteiger partial charge in [-0.05, 0) is 32.9 Å². The zero-order valence-electron chi connectivity index (χ0n) is 14.2. The molecule has 1 aromatic carbocycles. The molecule has 0 aliphatic heterocycles. The van der Waals surface area contributed by atoms with Crippen LogP contribution in [0.2, 0.25) is 0 Å². The number of nitrogen functional groups attached to an aromatic ring is 1. The Balaban J connectivity index is 2.12. The highest BCUT2D eigenvalue weighted by molar-refractivity contribution is 5.85. The van der Waals surface area contributed by atoms with Crippen LogP contribution >= 0.6 is 0 Å². The van der Waals surface area contributed by atoms with Gasteiger partial charge in [-0.3, -0.25) is 5.32 Å². The normalized spacial score (nSPS) is 10.8. The van der Waals surface area contributed by atoms with Gasteiger partial charge in [-0.2, -0.15) is 0 Å². The highest BCUT2D eigenvalue weighted by Gasteiger charge is 2.16. The lowest BCUT2D eigenvalue weighted by Gasteiger charge is -2.19. The van der Waals surface area contributed by atoms with Crippen LogP contribution in [0.25, 0.3) is 0 Å². The smallest absolute Gasteiger partial charge is 0.412 e. The van der Waals surface area contributed by atoms with Gasteiger partial charge in [0.2, 0.25) is 0 Å². The summed E-state index contributed by atoms with van der Waals surface area (Å²) < 4.78 is 11.0. The Bertz CT molecular complexity index is 726. The summed E-state index contributed by atoms with van der Waals surface area (Å²) in [4.78, 5) is 15.9. The van der Waals surface area contributed by atoms with Crippen LogP contribution in [0, 0.1) is 0 Å². The number of nitrogens with one attached hydrogen (secondary N) is 2. The van der Waals surface area contributed by atoms with Gasteiger partial charge >= 0.3 is 6.09 Å². The summed E-state index contributed by atoms with van der Waals surface area (Å²) >= 11 is 0. The van der Waals surface area contributed by atoms with Crippen molar-refractivity contribution < 1.29 is 14.3 Å². The van der Waals surface area contributed by atoms with Crippen molar-refractivity contribution in [1.29, 1.82) is 0 Å². The fourth-order valence-corrected chi connectivity index (χ4v) is 1.93. The summed E-state index contributed by atoms with van der Waals surface area (Å²) in [6.45, 7) is 5.41. The molecule has 7 nitrogen and oxygen atoms in total. The standard InChI is InChI=1S/C17H22N4O3/c1-17(2,3)24-16(22)21-11-6-5-7-12(10-11)23-13-8-9-20-15(19-4)14(13)18/h5-10H,18H2,1-4H3,(H,19,20)(H,21,22). The van der Waals surface area contributed by atoms with Crippen molar-refractivity contribution in [3.8, 4) is 11.5 Å². The number of nitrogens with two attached hydrogens (primary N) is 1. The molecule has 4 N–H and O–H groups in total. The highest BCUT2D eigenvalue weighted by Crippen LogP contribution is 2.32. The molecule has 24 heavy (non-hydrogen) atoms. The molecule has 2 rings (SSSR count). The van der Waals surface area contributed by atoms with E-state index in [1.165, 1.54) is 0 Å². The lowest BCUT2D eigenvalue weighted by molar-refractivity contribution is 0.0636. The van der Waals surface area contributed by atoms with Gasteiger partial charge in [0.1, 0.15) is 17.0 Å². The molecular formula is C17H22N4O3. The number of amides is 1. The number of pyridine rings is 1. The van der Waals surface area contributed by atoms with Crippen LogP contribution < -0.4 is 21.1 Å². The molecule has 0 spiro atoms. The first-order chi connectivity index (χ1) is 11.3. The number of benzene rings is 1. The number of rotatable bonds is 4. The largest absolute Gasteiger partial charge is 0.455 e. The number of aromatic nitrogens is 1. The third-order valence-electron chi connectivity index (χ3n) is 2.89. The summed E-state index contributed by atoms with van der Waals surface area (Å²) in [5.74, 6) is 1.54. The van der Waals surface area contributed by atoms with Crippen molar-refractivity contribution >= 4 is 23.3 Å². The number of carbonyl (C=O) groups is 1. The Hall–Kier alpha value is -2.96. The molecule has 1 amide bonds. The molecule has 0 radical (unpaired) electrons. The third kappa shape index (κ3) is 4.77. The lowest BCUT2D eigenvalue weighted by Crippen LogP contribution is -2.27. The van der Waals surface area contributed by atoms with E-state index < -0.39 is 11.7 Å². The zero-order chi connectivity index (χ0) is 17.7. The maximum absolute atomic E-state index is 11.8. The van der Waals surface area contributed by atoms with Gasteiger partial charge in [0.15, 0.2) is 11.6 Å². The fourth-order valence-electron chi connectivity index (χ4n) is 1.93. The predicted molar refractivity (Wildman–Crippen MR) is 94.6 cm³/mol. The van der Waals surface area contributed by atoms with Crippen molar-refractivity contribution in [2.45, 2.75) is 26.4 Å². The lowest BCUT2D eigenvalue weighted by atomic mass is 10.2. The van der Waals surface area contributed by atoms with E-state index in [2.05, 4.69) is 15.6 Å². The van der Waals surface area contributed by atoms with Gasteiger partial charge < -0.3 is 20.5 Å². The van der Waals surface area contributed by atoms with E-state index in [1.807, 2.05) is 0 Å². The molecule has 7 heteroatoms. The van der Waals surface area contributed by atoms with Crippen LogP contribution in [-0.2, 0) is 4.74 Å². The van der Waals surface area contributed by atoms with Gasteiger partial charge in [-0.1, -0.05) is 6.07 Å². The minimum atomic E-state index is -0.562. The quantitative estimate of drug-likeness (QED) is 0.787. The van der Waals surface area contributed by atoms with Gasteiger partial charge in [0, 0.05) is 31.1 Å². The van der Waals surface area contributed by atoms with Crippen LogP contribution in [0.5, 0.6) is 11.5 Å². The third-order valence-corrected chi connectivity index (χ3v) is 2.89. The number of ether oxygens (including phenoxy) is 2. The highest BCUT2D eigenvalue weighted by atomic mass is 16.6. The van der Waals surface area contributed by atoms with Crippen LogP contribution in [0.15, 0.2) is 36.5 Å². The molecule has 1 heterocycles. The molecule has 128 valence electrons. The van der Waals surface area contributed by atoms with E-state index in [0.29, 0.717) is 28.7 Å². The van der Waals surface area contributed by atoms with E-state index >= 15 is 0 Å². The molecule has 0 atom stereocenters. The number of carbonyl (C=O) groups excluding carboxylic acids is 1. The molecule has 0 aliphatic rings. The maximum atomic E-state index is 11.8. The molecule has 0 fully saturated rings. The molecule has 0 saturated carbocycles. The Morgan fingerprint density at radius 2 is 2.00 bits per heavy atom. The number of anilines is 3. The SMILES string of the molecule is CNc1nccc(Oc2cccc(NC(=O)OC(C)(C)C)c2)c1N. The van der Waals surface area contributed by atoms with E-state index in [-0.39, 0.29) is 0 Å². The molecule has 0 bridgehead atoms. The van der Waals surface area contributed by atoms with Crippen LogP contribution in [0.4, 0.5) is 22.0 Å². The average molecular weight is 330 g/mol. The molecule has 0 aliphatic carbocycles. The number of hydrogen-bond acceptors (Lipinski definition) is 6. The van der Waals surface area contributed by atoms with Crippen molar-refractivity contribution in [3.63, 3.8) is 0 Å². The summed E-state index contributed by atoms with van der Waals surface area (Å²) in [5, 5.41) is 5.56. The summed E-state index contributed by atoms with van der Waals surface area (Å²) in [6.07, 6.45) is 1.07. The Labute approximate surface area is 141 Å². The van der Waals surface area contributed by atoms with E-state index in [0.717, 1.165) is 0 Å². The zero-order valence-corrected chi connectivity index (χ0v) is 14.2. The summed E-state index contributed by atoms with van der Waals surface area (Å²) in [5.41, 5.74) is 6.39. The molecule has 0 saturated heterocycles. The Kier molecular flexibility index (Phi) is 5.13. The van der Waals surface area contributed by atoms with Gasteiger partial charge in [0.05, 0.1) is 0 Å². The molecule has 2 aromatic rings. The first-order valence-electron chi connectivity index (χ1n) is 7.48. The van der Waals surface area contributed by atoms with E-state index in [1.54, 1.807) is 64.3 Å². The summed E-state index contributed by atoms with van der Waals surface area (Å²) in [6, 6.07) is 8.62. The van der Waals surface area contributed by atoms with Crippen molar-refractivity contribution in [3.05, 3.63) is 36.5 Å². The van der Waals surface area contributed by atoms with Gasteiger partial charge in [0.25, 0.3) is 0 Å². The van der Waals surface area contributed by atoms with Crippen LogP contribution in [-0.4, -0.2) is 23.7 Å². The van der Waals surface area contributed by atoms with E-state index in [9.17, 15) is 4.79 Å². The van der Waals surface area contributed by atoms with Crippen molar-refractivity contribution in [2.75, 3.05) is 23.4 Å². The Morgan fingerprint density at radius 3 is 2.67 bits per heavy atom. The summed E-state index contributed by atoms with van der Waals surface area (Å²) in [7, 11) is 1.73. The average Bonchev–Trinajstić information content (AvgIpc) is 2.48. The minimum Gasteiger partial charge on any atom is -0.455 e. The Morgan fingerprint density at radius 1 is 1.25 bits per heavy atom. The molecule has 1 aromatic heterocycles. The van der Waals surface area contributed by atoms with E-state index in [4.69, 9.17) is 15.2 Å². The van der Waals surface area contributed by atoms with Crippen molar-refractivity contribution in [1.82, 2.24) is 4.98 Å². The minimum absolute atomic E-state index is 0.408. The van der Waals surface area contributed by atoms with Gasteiger partial charge in [-0.25, -0.2) is 9.78 Å². The fraction of sp³-hybridized carbons (Fsp3) is 0.294. The molecular weight excluding hydrogens is 308 g/mol. The van der Waals surface area contributed by atoms with Crippen LogP contribution in [0.1, 0.15) is 20.8 Å². The predicted octanol–water partition coefficient (Wildman–Crippen LogP) is 3.84. The maximum Gasteiger partial charge on any atom is 0.412 e. The topological polar surface area (TPSA) is 98.5 Å². The van der Waals surface area contributed by atoms with Crippen molar-refractivity contribution in [2.24, 2.45) is 0 Å². The second kappa shape index (κ2) is 7.08. The number of nitrogens with zero attached hydrogens (tertiary/aromatic N) is 1. The van der Waals surface area contributed by atoms with Crippen LogP contribution in [0.3, 0.4) is 0 Å². The first kappa shape index (κ1) is 17.4. The monoisotopic (exact) mass is 330 g/mol. The van der Waals surface area contributed by atoms with Gasteiger partial charge in [-0.15, -0.1) is 0 Å². The second-order valence-corrected chi connectivity index (χ2v) is 6.08. The number of hydrogen-bond donors (Lipinski definition) is 3. The molecule has 0 unspecified atom stereocenters. The first-order valence-corrected chi connectivity index (χ1v) is 7.48. The second-order valence-electron chi connectivity index (χ2n) is 6.08.